The van der Waals surface area contributed by atoms with Gasteiger partial charge < -0.3 is 19.5 Å². The van der Waals surface area contributed by atoms with Gasteiger partial charge in [-0.15, -0.1) is 0 Å². The van der Waals surface area contributed by atoms with Crippen LogP contribution in [0.2, 0.25) is 0 Å². The highest BCUT2D eigenvalue weighted by Gasteiger charge is 2.28. The van der Waals surface area contributed by atoms with Gasteiger partial charge in [-0.1, -0.05) is 0 Å². The van der Waals surface area contributed by atoms with Crippen LogP contribution in [0.1, 0.15) is 23.3 Å². The fourth-order valence-electron chi connectivity index (χ4n) is 2.81. The second-order valence-electron chi connectivity index (χ2n) is 5.99. The summed E-state index contributed by atoms with van der Waals surface area (Å²) in [6.45, 7) is 4.07. The van der Waals surface area contributed by atoms with E-state index >= 15 is 0 Å². The average Bonchev–Trinajstić information content (AvgIpc) is 3.08. The summed E-state index contributed by atoms with van der Waals surface area (Å²) in [6.07, 6.45) is 4.65. The van der Waals surface area contributed by atoms with Gasteiger partial charge in [-0.25, -0.2) is 0 Å². The standard InChI is InChI=1S/C15H23N3O2/c1-17(9-12-4-5-12)10-13-11-18(7-8-20-13)15(19)14-3-2-6-16-14/h2-3,6,12-13,16H,4-5,7-11H2,1H3/t13-/m1/s1. The molecule has 1 saturated carbocycles. The molecule has 1 saturated heterocycles. The van der Waals surface area contributed by atoms with Crippen molar-refractivity contribution in [2.75, 3.05) is 39.8 Å². The van der Waals surface area contributed by atoms with E-state index in [4.69, 9.17) is 4.74 Å². The molecule has 0 aromatic carbocycles. The molecule has 0 unspecified atom stereocenters. The SMILES string of the molecule is CN(CC1CC1)C[C@@H]1CN(C(=O)c2ccc[nH]2)CCO1. The first-order valence-electron chi connectivity index (χ1n) is 7.45. The number of carbonyl (C=O) groups is 1. The van der Waals surface area contributed by atoms with Gasteiger partial charge in [0.25, 0.3) is 5.91 Å². The van der Waals surface area contributed by atoms with Gasteiger partial charge >= 0.3 is 0 Å². The zero-order valence-corrected chi connectivity index (χ0v) is 12.0. The van der Waals surface area contributed by atoms with Crippen LogP contribution in [-0.2, 0) is 4.74 Å². The molecule has 1 N–H and O–H groups in total. The minimum atomic E-state index is 0.0770. The first-order valence-corrected chi connectivity index (χ1v) is 7.45. The molecule has 5 heteroatoms. The maximum atomic E-state index is 12.3. The Morgan fingerprint density at radius 3 is 3.05 bits per heavy atom. The lowest BCUT2D eigenvalue weighted by Gasteiger charge is -2.34. The summed E-state index contributed by atoms with van der Waals surface area (Å²) < 4.78 is 5.80. The lowest BCUT2D eigenvalue weighted by atomic mass is 10.2. The molecule has 20 heavy (non-hydrogen) atoms. The van der Waals surface area contributed by atoms with Crippen molar-refractivity contribution in [3.63, 3.8) is 0 Å². The second kappa shape index (κ2) is 5.97. The number of aromatic nitrogens is 1. The molecule has 1 amide bonds. The molecule has 2 fully saturated rings. The van der Waals surface area contributed by atoms with E-state index < -0.39 is 0 Å². The van der Waals surface area contributed by atoms with Gasteiger partial charge in [-0.2, -0.15) is 0 Å². The number of hydrogen-bond acceptors (Lipinski definition) is 3. The van der Waals surface area contributed by atoms with Gasteiger partial charge in [-0.05, 0) is 37.9 Å². The number of likely N-dealkylation sites (N-methyl/N-ethyl adjacent to an activating group) is 1. The number of aromatic amines is 1. The molecular formula is C15H23N3O2. The highest BCUT2D eigenvalue weighted by atomic mass is 16.5. The maximum absolute atomic E-state index is 12.3. The van der Waals surface area contributed by atoms with Crippen molar-refractivity contribution in [1.29, 1.82) is 0 Å². The highest BCUT2D eigenvalue weighted by Crippen LogP contribution is 2.29. The molecule has 2 aliphatic rings. The zero-order valence-electron chi connectivity index (χ0n) is 12.0. The molecule has 1 atom stereocenters. The Morgan fingerprint density at radius 2 is 2.35 bits per heavy atom. The van der Waals surface area contributed by atoms with E-state index in [0.717, 1.165) is 19.0 Å². The molecular weight excluding hydrogens is 254 g/mol. The number of nitrogens with zero attached hydrogens (tertiary/aromatic N) is 2. The van der Waals surface area contributed by atoms with Crippen molar-refractivity contribution in [3.8, 4) is 0 Å². The Hall–Kier alpha value is -1.33. The van der Waals surface area contributed by atoms with E-state index in [1.165, 1.54) is 12.8 Å². The number of nitrogens with one attached hydrogen (secondary N) is 1. The van der Waals surface area contributed by atoms with Crippen LogP contribution in [0.25, 0.3) is 0 Å². The van der Waals surface area contributed by atoms with Crippen molar-refractivity contribution in [1.82, 2.24) is 14.8 Å². The molecule has 1 aliphatic carbocycles. The largest absolute Gasteiger partial charge is 0.373 e. The Balaban J connectivity index is 1.51. The molecule has 5 nitrogen and oxygen atoms in total. The number of ether oxygens (including phenoxy) is 1. The topological polar surface area (TPSA) is 48.6 Å². The van der Waals surface area contributed by atoms with Crippen LogP contribution >= 0.6 is 0 Å². The molecule has 1 aromatic heterocycles. The van der Waals surface area contributed by atoms with Crippen molar-refractivity contribution < 1.29 is 9.53 Å². The van der Waals surface area contributed by atoms with Gasteiger partial charge in [0.1, 0.15) is 5.69 Å². The molecule has 3 rings (SSSR count). The first kappa shape index (κ1) is 13.6. The zero-order chi connectivity index (χ0) is 13.9. The summed E-state index contributed by atoms with van der Waals surface area (Å²) in [5.74, 6) is 0.966. The average molecular weight is 277 g/mol. The lowest BCUT2D eigenvalue weighted by molar-refractivity contribution is -0.0335. The molecule has 0 radical (unpaired) electrons. The van der Waals surface area contributed by atoms with Gasteiger partial charge in [0.2, 0.25) is 0 Å². The molecule has 0 bridgehead atoms. The molecule has 1 aromatic rings. The third-order valence-corrected chi connectivity index (χ3v) is 4.04. The van der Waals surface area contributed by atoms with Crippen LogP contribution in [0, 0.1) is 5.92 Å². The summed E-state index contributed by atoms with van der Waals surface area (Å²) in [7, 11) is 2.15. The quantitative estimate of drug-likeness (QED) is 0.880. The second-order valence-corrected chi connectivity index (χ2v) is 5.99. The van der Waals surface area contributed by atoms with Crippen LogP contribution in [-0.4, -0.2) is 66.6 Å². The van der Waals surface area contributed by atoms with Gasteiger partial charge in [-0.3, -0.25) is 4.79 Å². The lowest BCUT2D eigenvalue weighted by Crippen LogP contribution is -2.49. The Labute approximate surface area is 119 Å². The van der Waals surface area contributed by atoms with Crippen LogP contribution < -0.4 is 0 Å². The molecule has 1 aliphatic heterocycles. The fourth-order valence-corrected chi connectivity index (χ4v) is 2.81. The monoisotopic (exact) mass is 277 g/mol. The van der Waals surface area contributed by atoms with E-state index in [9.17, 15) is 4.79 Å². The normalized spacial score (nSPS) is 23.3. The van der Waals surface area contributed by atoms with E-state index in [1.54, 1.807) is 6.20 Å². The van der Waals surface area contributed by atoms with E-state index in [-0.39, 0.29) is 12.0 Å². The van der Waals surface area contributed by atoms with Crippen LogP contribution in [0.4, 0.5) is 0 Å². The van der Waals surface area contributed by atoms with E-state index in [0.29, 0.717) is 25.4 Å². The highest BCUT2D eigenvalue weighted by molar-refractivity contribution is 5.92. The summed E-state index contributed by atoms with van der Waals surface area (Å²) in [5.41, 5.74) is 0.664. The number of amides is 1. The van der Waals surface area contributed by atoms with Crippen molar-refractivity contribution in [2.24, 2.45) is 5.92 Å². The van der Waals surface area contributed by atoms with Crippen LogP contribution in [0.3, 0.4) is 0 Å². The third kappa shape index (κ3) is 3.41. The Morgan fingerprint density at radius 1 is 1.50 bits per heavy atom. The first-order chi connectivity index (χ1) is 9.72. The summed E-state index contributed by atoms with van der Waals surface area (Å²) in [6, 6.07) is 3.68. The van der Waals surface area contributed by atoms with Crippen molar-refractivity contribution in [2.45, 2.75) is 18.9 Å². The number of rotatable bonds is 5. The van der Waals surface area contributed by atoms with Crippen molar-refractivity contribution >= 4 is 5.91 Å². The smallest absolute Gasteiger partial charge is 0.270 e. The summed E-state index contributed by atoms with van der Waals surface area (Å²) in [5, 5.41) is 0. The van der Waals surface area contributed by atoms with E-state index in [2.05, 4.69) is 16.9 Å². The van der Waals surface area contributed by atoms with Crippen LogP contribution in [0.15, 0.2) is 18.3 Å². The van der Waals surface area contributed by atoms with Gasteiger partial charge in [0, 0.05) is 32.4 Å². The molecule has 0 spiro atoms. The fraction of sp³-hybridized carbons (Fsp3) is 0.667. The minimum absolute atomic E-state index is 0.0770. The number of morpholine rings is 1. The molecule has 2 heterocycles. The van der Waals surface area contributed by atoms with Gasteiger partial charge in [0.15, 0.2) is 0 Å². The number of H-pyrrole nitrogens is 1. The number of carbonyl (C=O) groups excluding carboxylic acids is 1. The summed E-state index contributed by atoms with van der Waals surface area (Å²) >= 11 is 0. The number of hydrogen-bond donors (Lipinski definition) is 1. The van der Waals surface area contributed by atoms with E-state index in [1.807, 2.05) is 17.0 Å². The Kier molecular flexibility index (Phi) is 4.08. The predicted octanol–water partition coefficient (Wildman–Crippen LogP) is 1.20. The van der Waals surface area contributed by atoms with Gasteiger partial charge in [0.05, 0.1) is 12.7 Å². The summed E-state index contributed by atoms with van der Waals surface area (Å²) in [4.78, 5) is 19.5. The molecule has 110 valence electrons. The Bertz CT molecular complexity index is 442. The van der Waals surface area contributed by atoms with Crippen LogP contribution in [0.5, 0.6) is 0 Å². The maximum Gasteiger partial charge on any atom is 0.270 e. The third-order valence-electron chi connectivity index (χ3n) is 4.04. The minimum Gasteiger partial charge on any atom is -0.373 e. The predicted molar refractivity (Wildman–Crippen MR) is 76.7 cm³/mol. The van der Waals surface area contributed by atoms with Crippen molar-refractivity contribution in [3.05, 3.63) is 24.0 Å².